The highest BCUT2D eigenvalue weighted by Crippen LogP contribution is 2.10. The first-order valence-electron chi connectivity index (χ1n) is 5.33. The van der Waals surface area contributed by atoms with Crippen molar-refractivity contribution in [3.05, 3.63) is 0 Å². The van der Waals surface area contributed by atoms with Gasteiger partial charge in [-0.3, -0.25) is 9.59 Å². The zero-order valence-electron chi connectivity index (χ0n) is 9.03. The van der Waals surface area contributed by atoms with Gasteiger partial charge in [-0.15, -0.1) is 0 Å². The fourth-order valence-electron chi connectivity index (χ4n) is 1.78. The van der Waals surface area contributed by atoms with Gasteiger partial charge in [-0.05, 0) is 26.3 Å². The fraction of sp³-hybridized carbons (Fsp3) is 0.800. The largest absolute Gasteiger partial charge is 0.480 e. The van der Waals surface area contributed by atoms with E-state index in [1.807, 2.05) is 4.90 Å². The number of nitrogens with one attached hydrogen (secondary N) is 1. The van der Waals surface area contributed by atoms with E-state index in [9.17, 15) is 9.59 Å². The van der Waals surface area contributed by atoms with Gasteiger partial charge in [0.05, 0.1) is 0 Å². The molecule has 1 unspecified atom stereocenters. The summed E-state index contributed by atoms with van der Waals surface area (Å²) in [4.78, 5) is 24.1. The van der Waals surface area contributed by atoms with E-state index in [4.69, 9.17) is 5.11 Å². The first-order chi connectivity index (χ1) is 7.15. The SMILES string of the molecule is CNC(CCC(=O)N1CCCC1)C(=O)O. The molecule has 0 bridgehead atoms. The van der Waals surface area contributed by atoms with E-state index in [-0.39, 0.29) is 5.91 Å². The number of carboxylic acid groups (broad SMARTS) is 1. The molecule has 1 heterocycles. The van der Waals surface area contributed by atoms with Gasteiger partial charge in [0.1, 0.15) is 6.04 Å². The smallest absolute Gasteiger partial charge is 0.320 e. The third kappa shape index (κ3) is 3.51. The van der Waals surface area contributed by atoms with Crippen LogP contribution in [0.3, 0.4) is 0 Å². The van der Waals surface area contributed by atoms with E-state index >= 15 is 0 Å². The van der Waals surface area contributed by atoms with Crippen LogP contribution < -0.4 is 5.32 Å². The highest BCUT2D eigenvalue weighted by atomic mass is 16.4. The molecule has 86 valence electrons. The minimum absolute atomic E-state index is 0.0778. The van der Waals surface area contributed by atoms with Crippen LogP contribution in [0.5, 0.6) is 0 Å². The maximum atomic E-state index is 11.6. The van der Waals surface area contributed by atoms with Crippen LogP contribution in [0, 0.1) is 0 Å². The second kappa shape index (κ2) is 5.70. The zero-order valence-corrected chi connectivity index (χ0v) is 9.03. The Morgan fingerprint density at radius 1 is 1.40 bits per heavy atom. The van der Waals surface area contributed by atoms with Gasteiger partial charge in [0.15, 0.2) is 0 Å². The highest BCUT2D eigenvalue weighted by molar-refractivity contribution is 5.78. The molecule has 0 aromatic rings. The van der Waals surface area contributed by atoms with Crippen LogP contribution >= 0.6 is 0 Å². The Morgan fingerprint density at radius 2 is 2.00 bits per heavy atom. The Kier molecular flexibility index (Phi) is 4.55. The third-order valence-corrected chi connectivity index (χ3v) is 2.75. The summed E-state index contributed by atoms with van der Waals surface area (Å²) < 4.78 is 0. The van der Waals surface area contributed by atoms with Crippen LogP contribution in [0.4, 0.5) is 0 Å². The number of likely N-dealkylation sites (N-methyl/N-ethyl adjacent to an activating group) is 1. The number of likely N-dealkylation sites (tertiary alicyclic amines) is 1. The molecule has 0 aliphatic carbocycles. The molecule has 0 spiro atoms. The van der Waals surface area contributed by atoms with Crippen LogP contribution in [-0.2, 0) is 9.59 Å². The summed E-state index contributed by atoms with van der Waals surface area (Å²) in [5.74, 6) is -0.819. The number of rotatable bonds is 5. The lowest BCUT2D eigenvalue weighted by molar-refractivity contribution is -0.139. The number of carbonyl (C=O) groups is 2. The summed E-state index contributed by atoms with van der Waals surface area (Å²) in [7, 11) is 1.60. The average molecular weight is 214 g/mol. The Bertz CT molecular complexity index is 237. The lowest BCUT2D eigenvalue weighted by Crippen LogP contribution is -2.36. The molecule has 0 aromatic carbocycles. The summed E-state index contributed by atoms with van der Waals surface area (Å²) in [6.45, 7) is 1.66. The third-order valence-electron chi connectivity index (χ3n) is 2.75. The van der Waals surface area contributed by atoms with E-state index in [1.54, 1.807) is 7.05 Å². The molecule has 5 heteroatoms. The van der Waals surface area contributed by atoms with Gasteiger partial charge in [-0.1, -0.05) is 0 Å². The first-order valence-corrected chi connectivity index (χ1v) is 5.33. The fourth-order valence-corrected chi connectivity index (χ4v) is 1.78. The average Bonchev–Trinajstić information content (AvgIpc) is 2.70. The van der Waals surface area contributed by atoms with E-state index in [0.717, 1.165) is 25.9 Å². The summed E-state index contributed by atoms with van der Waals surface area (Å²) in [5, 5.41) is 11.4. The number of hydrogen-bond donors (Lipinski definition) is 2. The number of carboxylic acids is 1. The van der Waals surface area contributed by atoms with Crippen molar-refractivity contribution in [1.82, 2.24) is 10.2 Å². The van der Waals surface area contributed by atoms with Gasteiger partial charge < -0.3 is 15.3 Å². The van der Waals surface area contributed by atoms with Crippen molar-refractivity contribution in [3.8, 4) is 0 Å². The minimum atomic E-state index is -0.897. The predicted octanol–water partition coefficient (Wildman–Crippen LogP) is 0.0616. The maximum absolute atomic E-state index is 11.6. The van der Waals surface area contributed by atoms with Gasteiger partial charge >= 0.3 is 5.97 Å². The Labute approximate surface area is 89.4 Å². The topological polar surface area (TPSA) is 69.6 Å². The summed E-state index contributed by atoms with van der Waals surface area (Å²) in [6.07, 6.45) is 2.82. The van der Waals surface area contributed by atoms with E-state index in [2.05, 4.69) is 5.32 Å². The van der Waals surface area contributed by atoms with Crippen molar-refractivity contribution < 1.29 is 14.7 Å². The van der Waals surface area contributed by atoms with Crippen molar-refractivity contribution in [3.63, 3.8) is 0 Å². The molecule has 0 aromatic heterocycles. The molecule has 15 heavy (non-hydrogen) atoms. The first kappa shape index (κ1) is 12.0. The maximum Gasteiger partial charge on any atom is 0.320 e. The molecule has 0 saturated carbocycles. The Balaban J connectivity index is 2.28. The highest BCUT2D eigenvalue weighted by Gasteiger charge is 2.21. The lowest BCUT2D eigenvalue weighted by Gasteiger charge is -2.16. The minimum Gasteiger partial charge on any atom is -0.480 e. The molecule has 5 nitrogen and oxygen atoms in total. The molecule has 1 rings (SSSR count). The molecular weight excluding hydrogens is 196 g/mol. The molecule has 1 aliphatic rings. The van der Waals surface area contributed by atoms with E-state index in [0.29, 0.717) is 12.8 Å². The van der Waals surface area contributed by atoms with E-state index in [1.165, 1.54) is 0 Å². The number of aliphatic carboxylic acids is 1. The molecule has 0 radical (unpaired) electrons. The second-order valence-corrected chi connectivity index (χ2v) is 3.81. The van der Waals surface area contributed by atoms with Crippen molar-refractivity contribution in [2.75, 3.05) is 20.1 Å². The van der Waals surface area contributed by atoms with Gasteiger partial charge in [0, 0.05) is 19.5 Å². The normalized spacial score (nSPS) is 17.8. The zero-order chi connectivity index (χ0) is 11.3. The number of nitrogens with zero attached hydrogens (tertiary/aromatic N) is 1. The predicted molar refractivity (Wildman–Crippen MR) is 55.5 cm³/mol. The molecule has 1 fully saturated rings. The summed E-state index contributed by atoms with van der Waals surface area (Å²) >= 11 is 0. The lowest BCUT2D eigenvalue weighted by atomic mass is 10.1. The van der Waals surface area contributed by atoms with Gasteiger partial charge in [-0.2, -0.15) is 0 Å². The van der Waals surface area contributed by atoms with Crippen LogP contribution in [0.1, 0.15) is 25.7 Å². The second-order valence-electron chi connectivity index (χ2n) is 3.81. The standard InChI is InChI=1S/C10H18N2O3/c1-11-8(10(14)15)4-5-9(13)12-6-2-3-7-12/h8,11H,2-7H2,1H3,(H,14,15). The van der Waals surface area contributed by atoms with Crippen LogP contribution in [-0.4, -0.2) is 48.1 Å². The van der Waals surface area contributed by atoms with Crippen LogP contribution in [0.25, 0.3) is 0 Å². The van der Waals surface area contributed by atoms with Crippen molar-refractivity contribution in [2.45, 2.75) is 31.7 Å². The molecule has 1 aliphatic heterocycles. The Morgan fingerprint density at radius 3 is 2.47 bits per heavy atom. The molecule has 2 N–H and O–H groups in total. The summed E-state index contributed by atoms with van der Waals surface area (Å²) in [5.41, 5.74) is 0. The molecule has 1 saturated heterocycles. The van der Waals surface area contributed by atoms with Gasteiger partial charge in [0.25, 0.3) is 0 Å². The number of amides is 1. The van der Waals surface area contributed by atoms with Crippen molar-refractivity contribution in [1.29, 1.82) is 0 Å². The van der Waals surface area contributed by atoms with Crippen molar-refractivity contribution in [2.24, 2.45) is 0 Å². The number of carbonyl (C=O) groups excluding carboxylic acids is 1. The Hall–Kier alpha value is -1.10. The van der Waals surface area contributed by atoms with Gasteiger partial charge in [0.2, 0.25) is 5.91 Å². The summed E-state index contributed by atoms with van der Waals surface area (Å²) in [6, 6.07) is -0.614. The van der Waals surface area contributed by atoms with Crippen molar-refractivity contribution >= 4 is 11.9 Å². The van der Waals surface area contributed by atoms with Crippen LogP contribution in [0.15, 0.2) is 0 Å². The quantitative estimate of drug-likeness (QED) is 0.679. The van der Waals surface area contributed by atoms with Crippen LogP contribution in [0.2, 0.25) is 0 Å². The number of hydrogen-bond acceptors (Lipinski definition) is 3. The molecular formula is C10H18N2O3. The van der Waals surface area contributed by atoms with E-state index < -0.39 is 12.0 Å². The van der Waals surface area contributed by atoms with Gasteiger partial charge in [-0.25, -0.2) is 0 Å². The monoisotopic (exact) mass is 214 g/mol. The molecule has 1 amide bonds. The molecule has 1 atom stereocenters.